The summed E-state index contributed by atoms with van der Waals surface area (Å²) >= 11 is 5.97. The normalized spacial score (nSPS) is 16.7. The molecule has 1 fully saturated rings. The lowest BCUT2D eigenvalue weighted by molar-refractivity contribution is -0.114. The van der Waals surface area contributed by atoms with Gasteiger partial charge in [0.1, 0.15) is 18.0 Å². The van der Waals surface area contributed by atoms with Crippen molar-refractivity contribution < 1.29 is 14.6 Å². The van der Waals surface area contributed by atoms with Crippen LogP contribution in [0.25, 0.3) is 0 Å². The molecule has 1 aliphatic rings. The molecule has 30 heavy (non-hydrogen) atoms. The molecule has 1 heterocycles. The minimum absolute atomic E-state index is 0.125. The van der Waals surface area contributed by atoms with Crippen molar-refractivity contribution in [2.24, 2.45) is 0 Å². The summed E-state index contributed by atoms with van der Waals surface area (Å²) in [5.41, 5.74) is 0.760. The van der Waals surface area contributed by atoms with Crippen molar-refractivity contribution in [3.8, 4) is 5.75 Å². The molecule has 1 atom stereocenters. The van der Waals surface area contributed by atoms with E-state index in [-0.39, 0.29) is 12.5 Å². The van der Waals surface area contributed by atoms with E-state index in [1.165, 1.54) is 12.6 Å². The van der Waals surface area contributed by atoms with Gasteiger partial charge >= 0.3 is 0 Å². The van der Waals surface area contributed by atoms with E-state index in [4.69, 9.17) is 16.3 Å². The van der Waals surface area contributed by atoms with Gasteiger partial charge in [0.2, 0.25) is 5.91 Å². The topological polar surface area (TPSA) is 73.8 Å². The van der Waals surface area contributed by atoms with E-state index in [1.807, 2.05) is 24.3 Å². The quantitative estimate of drug-likeness (QED) is 0.594. The number of hydrogen-bond acceptors (Lipinski definition) is 5. The third kappa shape index (κ3) is 6.62. The van der Waals surface area contributed by atoms with Crippen LogP contribution in [-0.2, 0) is 4.79 Å². The van der Waals surface area contributed by atoms with Crippen LogP contribution in [0.4, 0.5) is 11.4 Å². The molecule has 0 saturated carbocycles. The molecule has 2 aromatic rings. The summed E-state index contributed by atoms with van der Waals surface area (Å²) in [6, 6.07) is 15.5. The lowest BCUT2D eigenvalue weighted by Gasteiger charge is -2.35. The highest BCUT2D eigenvalue weighted by atomic mass is 35.5. The number of nitrogens with one attached hydrogen (secondary N) is 2. The molecule has 6 nitrogen and oxygen atoms in total. The summed E-state index contributed by atoms with van der Waals surface area (Å²) in [7, 11) is 0. The number of ether oxygens (including phenoxy) is 1. The molecule has 0 radical (unpaired) electrons. The van der Waals surface area contributed by atoms with Gasteiger partial charge in [0, 0.05) is 43.3 Å². The first-order chi connectivity index (χ1) is 14.3. The van der Waals surface area contributed by atoms with E-state index in [9.17, 15) is 9.90 Å². The largest absolute Gasteiger partial charge is 0.488 e. The average Bonchev–Trinajstić information content (AvgIpc) is 2.72. The molecule has 1 saturated heterocycles. The van der Waals surface area contributed by atoms with Gasteiger partial charge in [-0.2, -0.15) is 0 Å². The summed E-state index contributed by atoms with van der Waals surface area (Å²) in [4.78, 5) is 13.7. The fraction of sp³-hybridized carbons (Fsp3) is 0.435. The molecule has 3 N–H and O–H groups in total. The van der Waals surface area contributed by atoms with Crippen LogP contribution < -0.4 is 20.3 Å². The van der Waals surface area contributed by atoms with E-state index < -0.39 is 5.60 Å². The Kier molecular flexibility index (Phi) is 7.58. The fourth-order valence-electron chi connectivity index (χ4n) is 3.53. The van der Waals surface area contributed by atoms with Gasteiger partial charge in [-0.1, -0.05) is 23.7 Å². The van der Waals surface area contributed by atoms with Crippen LogP contribution in [0.3, 0.4) is 0 Å². The summed E-state index contributed by atoms with van der Waals surface area (Å²) in [5.74, 6) is 0.383. The predicted octanol–water partition coefficient (Wildman–Crippen LogP) is 3.69. The van der Waals surface area contributed by atoms with Gasteiger partial charge in [-0.3, -0.25) is 4.79 Å². The van der Waals surface area contributed by atoms with Crippen LogP contribution in [0.5, 0.6) is 5.75 Å². The zero-order valence-electron chi connectivity index (χ0n) is 17.5. The molecular weight excluding hydrogens is 402 g/mol. The number of amides is 1. The SMILES string of the molecule is CC(=O)Nc1ccccc1OCC(C)(O)CNC1CCN(c2ccc(Cl)cc2)CC1. The van der Waals surface area contributed by atoms with Crippen LogP contribution in [0.2, 0.25) is 5.02 Å². The van der Waals surface area contributed by atoms with E-state index >= 15 is 0 Å². The highest BCUT2D eigenvalue weighted by molar-refractivity contribution is 6.30. The number of carbonyl (C=O) groups excluding carboxylic acids is 1. The number of hydrogen-bond donors (Lipinski definition) is 3. The molecule has 2 aromatic carbocycles. The summed E-state index contributed by atoms with van der Waals surface area (Å²) in [6.45, 7) is 5.68. The fourth-order valence-corrected chi connectivity index (χ4v) is 3.65. The zero-order valence-corrected chi connectivity index (χ0v) is 18.3. The second kappa shape index (κ2) is 10.2. The summed E-state index contributed by atoms with van der Waals surface area (Å²) in [5, 5.41) is 17.7. The minimum atomic E-state index is -1.03. The number of rotatable bonds is 8. The lowest BCUT2D eigenvalue weighted by atomic mass is 10.0. The predicted molar refractivity (Wildman–Crippen MR) is 122 cm³/mol. The Balaban J connectivity index is 1.44. The first-order valence-corrected chi connectivity index (χ1v) is 10.7. The Morgan fingerprint density at radius 1 is 1.20 bits per heavy atom. The van der Waals surface area contributed by atoms with E-state index in [0.29, 0.717) is 24.0 Å². The molecule has 0 aromatic heterocycles. The third-order valence-corrected chi connectivity index (χ3v) is 5.45. The highest BCUT2D eigenvalue weighted by Crippen LogP contribution is 2.25. The van der Waals surface area contributed by atoms with Crippen LogP contribution in [0.15, 0.2) is 48.5 Å². The van der Waals surface area contributed by atoms with Gasteiger partial charge in [0.15, 0.2) is 0 Å². The molecule has 1 unspecified atom stereocenters. The summed E-state index contributed by atoms with van der Waals surface area (Å²) in [6.07, 6.45) is 2.01. The van der Waals surface area contributed by atoms with E-state index in [0.717, 1.165) is 31.0 Å². The number of piperidine rings is 1. The number of benzene rings is 2. The van der Waals surface area contributed by atoms with Crippen molar-refractivity contribution in [3.63, 3.8) is 0 Å². The number of carbonyl (C=O) groups is 1. The molecule has 3 rings (SSSR count). The summed E-state index contributed by atoms with van der Waals surface area (Å²) < 4.78 is 5.80. The Morgan fingerprint density at radius 3 is 2.53 bits per heavy atom. The van der Waals surface area contributed by atoms with Gasteiger partial charge < -0.3 is 25.4 Å². The highest BCUT2D eigenvalue weighted by Gasteiger charge is 2.25. The van der Waals surface area contributed by atoms with Crippen molar-refractivity contribution in [3.05, 3.63) is 53.6 Å². The van der Waals surface area contributed by atoms with Crippen LogP contribution >= 0.6 is 11.6 Å². The maximum absolute atomic E-state index is 11.3. The number of halogens is 1. The second-order valence-corrected chi connectivity index (χ2v) is 8.52. The third-order valence-electron chi connectivity index (χ3n) is 5.19. The molecule has 0 spiro atoms. The van der Waals surface area contributed by atoms with Crippen molar-refractivity contribution in [2.75, 3.05) is 36.5 Å². The maximum Gasteiger partial charge on any atom is 0.221 e. The number of anilines is 2. The first kappa shape index (κ1) is 22.4. The van der Waals surface area contributed by atoms with E-state index in [1.54, 1.807) is 19.1 Å². The van der Waals surface area contributed by atoms with Crippen molar-refractivity contribution >= 4 is 28.9 Å². The molecule has 0 bridgehead atoms. The monoisotopic (exact) mass is 431 g/mol. The van der Waals surface area contributed by atoms with Crippen molar-refractivity contribution in [1.82, 2.24) is 5.32 Å². The molecule has 1 aliphatic heterocycles. The average molecular weight is 432 g/mol. The number of aliphatic hydroxyl groups is 1. The standard InChI is InChI=1S/C23H30ClN3O3/c1-17(28)26-21-5-3-4-6-22(21)30-16-23(2,29)15-25-19-11-13-27(14-12-19)20-9-7-18(24)8-10-20/h3-10,19,25,29H,11-16H2,1-2H3,(H,26,28). The van der Waals surface area contributed by atoms with Gasteiger partial charge in [0.25, 0.3) is 0 Å². The Bertz CT molecular complexity index is 834. The second-order valence-electron chi connectivity index (χ2n) is 8.08. The Morgan fingerprint density at radius 2 is 1.87 bits per heavy atom. The molecule has 1 amide bonds. The maximum atomic E-state index is 11.3. The molecular formula is C23H30ClN3O3. The van der Waals surface area contributed by atoms with E-state index in [2.05, 4.69) is 27.7 Å². The molecule has 7 heteroatoms. The zero-order chi connectivity index (χ0) is 21.6. The van der Waals surface area contributed by atoms with Gasteiger partial charge in [-0.15, -0.1) is 0 Å². The lowest BCUT2D eigenvalue weighted by Crippen LogP contribution is -2.49. The van der Waals surface area contributed by atoms with Crippen LogP contribution in [0.1, 0.15) is 26.7 Å². The molecule has 162 valence electrons. The van der Waals surface area contributed by atoms with Crippen LogP contribution in [0, 0.1) is 0 Å². The Hall–Kier alpha value is -2.28. The van der Waals surface area contributed by atoms with Crippen molar-refractivity contribution in [2.45, 2.75) is 38.3 Å². The van der Waals surface area contributed by atoms with Gasteiger partial charge in [-0.05, 0) is 56.2 Å². The van der Waals surface area contributed by atoms with Crippen molar-refractivity contribution in [1.29, 1.82) is 0 Å². The number of para-hydroxylation sites is 2. The van der Waals surface area contributed by atoms with Gasteiger partial charge in [-0.25, -0.2) is 0 Å². The molecule has 0 aliphatic carbocycles. The Labute approximate surface area is 183 Å². The van der Waals surface area contributed by atoms with Crippen LogP contribution in [-0.4, -0.2) is 48.9 Å². The first-order valence-electron chi connectivity index (χ1n) is 10.3. The van der Waals surface area contributed by atoms with Gasteiger partial charge in [0.05, 0.1) is 5.69 Å². The minimum Gasteiger partial charge on any atom is -0.488 e. The number of nitrogens with zero attached hydrogens (tertiary/aromatic N) is 1. The smallest absolute Gasteiger partial charge is 0.221 e.